The predicted molar refractivity (Wildman–Crippen MR) is 110 cm³/mol. The number of nitrogens with one attached hydrogen (secondary N) is 3. The number of amides is 2. The van der Waals surface area contributed by atoms with Crippen LogP contribution in [0.2, 0.25) is 0 Å². The lowest BCUT2D eigenvalue weighted by Crippen LogP contribution is -2.42. The van der Waals surface area contributed by atoms with Gasteiger partial charge in [-0.05, 0) is 55.7 Å². The summed E-state index contributed by atoms with van der Waals surface area (Å²) in [5.74, 6) is -0.656. The molecule has 1 saturated carbocycles. The minimum atomic E-state index is -5.01. The van der Waals surface area contributed by atoms with Gasteiger partial charge in [0.25, 0.3) is 5.91 Å². The van der Waals surface area contributed by atoms with Crippen molar-refractivity contribution < 1.29 is 35.9 Å². The van der Waals surface area contributed by atoms with E-state index < -0.39 is 35.0 Å². The first kappa shape index (κ1) is 26.9. The summed E-state index contributed by atoms with van der Waals surface area (Å²) in [5, 5.41) is 8.46. The maximum atomic E-state index is 13.0. The molecule has 0 saturated heterocycles. The van der Waals surface area contributed by atoms with E-state index in [4.69, 9.17) is 0 Å². The second-order valence-electron chi connectivity index (χ2n) is 8.80. The Bertz CT molecular complexity index is 783. The van der Waals surface area contributed by atoms with Gasteiger partial charge in [-0.3, -0.25) is 9.59 Å². The number of carbonyl (C=O) groups is 2. The summed E-state index contributed by atoms with van der Waals surface area (Å²) in [4.78, 5) is 24.1. The second-order valence-corrected chi connectivity index (χ2v) is 8.80. The van der Waals surface area contributed by atoms with Gasteiger partial charge in [0.15, 0.2) is 0 Å². The van der Waals surface area contributed by atoms with Crippen LogP contribution in [0, 0.1) is 11.8 Å². The lowest BCUT2D eigenvalue weighted by atomic mass is 9.86. The minimum absolute atomic E-state index is 0.00580. The highest BCUT2D eigenvalue weighted by Gasteiger charge is 2.37. The summed E-state index contributed by atoms with van der Waals surface area (Å²) in [6.45, 7) is 4.95. The molecule has 2 amide bonds. The zero-order chi connectivity index (χ0) is 24.8. The summed E-state index contributed by atoms with van der Waals surface area (Å²) < 4.78 is 77.8. The summed E-state index contributed by atoms with van der Waals surface area (Å²) in [7, 11) is 0. The summed E-state index contributed by atoms with van der Waals surface area (Å²) >= 11 is 0. The van der Waals surface area contributed by atoms with Crippen LogP contribution in [0.15, 0.2) is 18.2 Å². The van der Waals surface area contributed by atoms with Crippen molar-refractivity contribution in [2.75, 3.05) is 19.6 Å². The second kappa shape index (κ2) is 11.2. The van der Waals surface area contributed by atoms with Crippen LogP contribution >= 0.6 is 0 Å². The molecule has 0 atom stereocenters. The van der Waals surface area contributed by atoms with Gasteiger partial charge in [-0.1, -0.05) is 13.8 Å². The molecule has 0 spiro atoms. The Balaban J connectivity index is 1.85. The molecule has 0 aromatic heterocycles. The molecule has 1 aliphatic carbocycles. The van der Waals surface area contributed by atoms with Gasteiger partial charge < -0.3 is 16.0 Å². The molecule has 2 rings (SSSR count). The molecule has 1 aromatic rings. The third-order valence-electron chi connectivity index (χ3n) is 5.51. The fraction of sp³-hybridized carbons (Fsp3) is 0.636. The third kappa shape index (κ3) is 8.87. The van der Waals surface area contributed by atoms with Crippen LogP contribution in [0.3, 0.4) is 0 Å². The third-order valence-corrected chi connectivity index (χ3v) is 5.51. The van der Waals surface area contributed by atoms with Crippen molar-refractivity contribution in [1.29, 1.82) is 0 Å². The van der Waals surface area contributed by atoms with E-state index in [0.717, 1.165) is 12.8 Å². The van der Waals surface area contributed by atoms with E-state index >= 15 is 0 Å². The van der Waals surface area contributed by atoms with E-state index in [2.05, 4.69) is 16.0 Å². The van der Waals surface area contributed by atoms with Crippen molar-refractivity contribution in [3.63, 3.8) is 0 Å². The van der Waals surface area contributed by atoms with Crippen LogP contribution in [-0.2, 0) is 17.1 Å². The average molecular weight is 481 g/mol. The van der Waals surface area contributed by atoms with Crippen LogP contribution < -0.4 is 16.0 Å². The van der Waals surface area contributed by atoms with Gasteiger partial charge in [0.1, 0.15) is 0 Å². The first-order valence-corrected chi connectivity index (χ1v) is 10.8. The van der Waals surface area contributed by atoms with Gasteiger partial charge in [0, 0.05) is 24.7 Å². The molecule has 0 bridgehead atoms. The Morgan fingerprint density at radius 2 is 1.45 bits per heavy atom. The first-order chi connectivity index (χ1) is 15.3. The quantitative estimate of drug-likeness (QED) is 0.483. The zero-order valence-corrected chi connectivity index (χ0v) is 18.5. The predicted octanol–water partition coefficient (Wildman–Crippen LogP) is 4.37. The molecule has 0 radical (unpaired) electrons. The molecule has 3 N–H and O–H groups in total. The highest BCUT2D eigenvalue weighted by atomic mass is 19.4. The maximum absolute atomic E-state index is 13.0. The number of benzene rings is 1. The van der Waals surface area contributed by atoms with Crippen LogP contribution in [0.4, 0.5) is 26.3 Å². The van der Waals surface area contributed by atoms with E-state index in [0.29, 0.717) is 37.4 Å². The largest absolute Gasteiger partial charge is 0.416 e. The van der Waals surface area contributed by atoms with Crippen molar-refractivity contribution in [3.8, 4) is 0 Å². The van der Waals surface area contributed by atoms with Crippen LogP contribution in [0.1, 0.15) is 61.0 Å². The molecule has 0 unspecified atom stereocenters. The van der Waals surface area contributed by atoms with Crippen molar-refractivity contribution in [2.45, 2.75) is 57.9 Å². The van der Waals surface area contributed by atoms with Crippen molar-refractivity contribution in [2.24, 2.45) is 11.8 Å². The van der Waals surface area contributed by atoms with Gasteiger partial charge in [-0.15, -0.1) is 0 Å². The Kier molecular flexibility index (Phi) is 9.16. The van der Waals surface area contributed by atoms with Crippen LogP contribution in [0.25, 0.3) is 0 Å². The first-order valence-electron chi connectivity index (χ1n) is 10.8. The zero-order valence-electron chi connectivity index (χ0n) is 18.5. The molecule has 33 heavy (non-hydrogen) atoms. The number of alkyl halides is 6. The SMILES string of the molecule is CC(C)CNC(=O)CN[C@H]1CC[C@H](CNC(=O)c2cc(C(F)(F)F)cc(C(F)(F)F)c2)CC1. The van der Waals surface area contributed by atoms with Crippen molar-refractivity contribution in [3.05, 3.63) is 34.9 Å². The average Bonchev–Trinajstić information content (AvgIpc) is 2.73. The number of hydrogen-bond acceptors (Lipinski definition) is 3. The standard InChI is InChI=1S/C22H29F6N3O2/c1-13(2)10-30-19(32)12-29-18-5-3-14(4-6-18)11-31-20(33)15-7-16(21(23,24)25)9-17(8-15)22(26,27)28/h7-9,13-14,18,29H,3-6,10-12H2,1-2H3,(H,30,32)(H,31,33)/t14-,18-. The van der Waals surface area contributed by atoms with Gasteiger partial charge in [-0.2, -0.15) is 26.3 Å². The van der Waals surface area contributed by atoms with E-state index in [9.17, 15) is 35.9 Å². The van der Waals surface area contributed by atoms with Crippen molar-refractivity contribution >= 4 is 11.8 Å². The molecule has 0 aliphatic heterocycles. The van der Waals surface area contributed by atoms with Gasteiger partial charge in [0.2, 0.25) is 5.91 Å². The number of hydrogen-bond donors (Lipinski definition) is 3. The van der Waals surface area contributed by atoms with Gasteiger partial charge in [-0.25, -0.2) is 0 Å². The van der Waals surface area contributed by atoms with Crippen molar-refractivity contribution in [1.82, 2.24) is 16.0 Å². The van der Waals surface area contributed by atoms with E-state index in [1.165, 1.54) is 0 Å². The monoisotopic (exact) mass is 481 g/mol. The molecule has 0 heterocycles. The van der Waals surface area contributed by atoms with Crippen LogP contribution in [-0.4, -0.2) is 37.5 Å². The molecular weight excluding hydrogens is 452 g/mol. The molecule has 1 aliphatic rings. The summed E-state index contributed by atoms with van der Waals surface area (Å²) in [5.41, 5.74) is -3.72. The molecule has 186 valence electrons. The molecule has 5 nitrogen and oxygen atoms in total. The van der Waals surface area contributed by atoms with E-state index in [-0.39, 0.29) is 37.0 Å². The summed E-state index contributed by atoms with van der Waals surface area (Å²) in [6, 6.07) is 0.985. The Hall–Kier alpha value is -2.30. The van der Waals surface area contributed by atoms with Crippen LogP contribution in [0.5, 0.6) is 0 Å². The summed E-state index contributed by atoms with van der Waals surface area (Å²) in [6.07, 6.45) is -7.09. The minimum Gasteiger partial charge on any atom is -0.355 e. The Morgan fingerprint density at radius 1 is 0.909 bits per heavy atom. The lowest BCUT2D eigenvalue weighted by molar-refractivity contribution is -0.143. The number of rotatable bonds is 8. The molecule has 1 aromatic carbocycles. The molecule has 11 heteroatoms. The maximum Gasteiger partial charge on any atom is 0.416 e. The highest BCUT2D eigenvalue weighted by molar-refractivity contribution is 5.94. The lowest BCUT2D eigenvalue weighted by Gasteiger charge is -2.29. The Morgan fingerprint density at radius 3 is 1.94 bits per heavy atom. The number of carbonyl (C=O) groups excluding carboxylic acids is 2. The topological polar surface area (TPSA) is 70.2 Å². The molecular formula is C22H29F6N3O2. The van der Waals surface area contributed by atoms with Gasteiger partial charge >= 0.3 is 12.4 Å². The Labute approximate surface area is 188 Å². The molecule has 1 fully saturated rings. The smallest absolute Gasteiger partial charge is 0.355 e. The van der Waals surface area contributed by atoms with Gasteiger partial charge in [0.05, 0.1) is 17.7 Å². The van der Waals surface area contributed by atoms with E-state index in [1.807, 2.05) is 13.8 Å². The van der Waals surface area contributed by atoms with E-state index in [1.54, 1.807) is 0 Å². The highest BCUT2D eigenvalue weighted by Crippen LogP contribution is 2.36. The number of halogens is 6. The fourth-order valence-corrected chi connectivity index (χ4v) is 3.61. The fourth-order valence-electron chi connectivity index (χ4n) is 3.61. The normalized spacial score (nSPS) is 19.4.